The van der Waals surface area contributed by atoms with Crippen molar-refractivity contribution in [2.24, 2.45) is 0 Å². The third-order valence-corrected chi connectivity index (χ3v) is 2.88. The molecule has 0 aromatic carbocycles. The first-order valence-corrected chi connectivity index (χ1v) is 5.43. The molecule has 2 rings (SSSR count). The molecule has 0 bridgehead atoms. The van der Waals surface area contributed by atoms with E-state index in [2.05, 4.69) is 5.32 Å². The zero-order chi connectivity index (χ0) is 12.4. The average molecular weight is 246 g/mol. The molecule has 4 atom stereocenters. The molecule has 1 fully saturated rings. The van der Waals surface area contributed by atoms with E-state index in [1.54, 1.807) is 12.2 Å². The number of hydrogen-bond donors (Lipinski definition) is 3. The molecule has 2 heterocycles. The normalized spacial score (nSPS) is 38.1. The molecule has 96 valence electrons. The third-order valence-electron chi connectivity index (χ3n) is 2.88. The number of nitrogens with one attached hydrogen (secondary N) is 1. The van der Waals surface area contributed by atoms with E-state index in [9.17, 15) is 14.3 Å². The monoisotopic (exact) mass is 246 g/mol. The molecule has 2 aliphatic rings. The molecular weight excluding hydrogens is 231 g/mol. The highest BCUT2D eigenvalue weighted by molar-refractivity contribution is 5.75. The minimum atomic E-state index is -1.72. The predicted octanol–water partition coefficient (Wildman–Crippen LogP) is -1.02. The van der Waals surface area contributed by atoms with Crippen molar-refractivity contribution in [2.45, 2.75) is 24.6 Å². The van der Waals surface area contributed by atoms with Gasteiger partial charge < -0.3 is 20.3 Å². The quantitative estimate of drug-likeness (QED) is 0.545. The predicted molar refractivity (Wildman–Crippen MR) is 55.9 cm³/mol. The Bertz CT molecular complexity index is 325. The highest BCUT2D eigenvalue weighted by Crippen LogP contribution is 2.26. The lowest BCUT2D eigenvalue weighted by molar-refractivity contribution is -0.0672. The molecule has 17 heavy (non-hydrogen) atoms. The van der Waals surface area contributed by atoms with Gasteiger partial charge in [-0.25, -0.2) is 9.18 Å². The first-order valence-electron chi connectivity index (χ1n) is 5.43. The van der Waals surface area contributed by atoms with E-state index in [0.29, 0.717) is 6.54 Å². The number of alkyl halides is 1. The molecule has 0 saturated carbocycles. The van der Waals surface area contributed by atoms with Gasteiger partial charge in [-0.2, -0.15) is 0 Å². The molecule has 0 spiro atoms. The smallest absolute Gasteiger partial charge is 0.320 e. The fraction of sp³-hybridized carbons (Fsp3) is 0.700. The molecule has 0 aromatic rings. The van der Waals surface area contributed by atoms with Crippen LogP contribution in [0.15, 0.2) is 12.2 Å². The highest BCUT2D eigenvalue weighted by atomic mass is 19.1. The number of nitrogens with zero attached hydrogens (tertiary/aromatic N) is 1. The number of aliphatic hydroxyl groups excluding tert-OH is 2. The van der Waals surface area contributed by atoms with Crippen LogP contribution in [0, 0.1) is 0 Å². The second kappa shape index (κ2) is 4.99. The molecule has 0 aromatic heterocycles. The van der Waals surface area contributed by atoms with E-state index in [0.717, 1.165) is 4.90 Å². The fourth-order valence-corrected chi connectivity index (χ4v) is 1.93. The maximum Gasteiger partial charge on any atom is 0.320 e. The maximum absolute atomic E-state index is 13.8. The minimum Gasteiger partial charge on any atom is -0.394 e. The molecule has 6 nitrogen and oxygen atoms in total. The summed E-state index contributed by atoms with van der Waals surface area (Å²) in [5, 5.41) is 20.9. The molecule has 2 amide bonds. The van der Waals surface area contributed by atoms with Gasteiger partial charge in [-0.1, -0.05) is 12.2 Å². The van der Waals surface area contributed by atoms with Crippen LogP contribution in [0.3, 0.4) is 0 Å². The number of rotatable bonds is 2. The van der Waals surface area contributed by atoms with Crippen molar-refractivity contribution in [3.05, 3.63) is 12.2 Å². The first kappa shape index (κ1) is 12.3. The zero-order valence-corrected chi connectivity index (χ0v) is 9.12. The summed E-state index contributed by atoms with van der Waals surface area (Å²) < 4.78 is 18.9. The van der Waals surface area contributed by atoms with E-state index in [4.69, 9.17) is 9.84 Å². The van der Waals surface area contributed by atoms with Gasteiger partial charge >= 0.3 is 6.03 Å². The Hall–Kier alpha value is -1.18. The van der Waals surface area contributed by atoms with Crippen molar-refractivity contribution in [3.8, 4) is 0 Å². The van der Waals surface area contributed by atoms with E-state index >= 15 is 0 Å². The standard InChI is InChI=1S/C10H15FN2O4/c11-7-8(15)6(5-14)17-9(7)13-4-2-1-3-12-10(13)16/h1-2,6-9,14-15H,3-5H2,(H,12,16)/t6-,7?,8-,9-/m1/s1. The van der Waals surface area contributed by atoms with Crippen molar-refractivity contribution in [1.29, 1.82) is 0 Å². The van der Waals surface area contributed by atoms with Gasteiger partial charge in [0.25, 0.3) is 0 Å². The summed E-state index contributed by atoms with van der Waals surface area (Å²) in [4.78, 5) is 12.8. The Kier molecular flexibility index (Phi) is 3.60. The van der Waals surface area contributed by atoms with Gasteiger partial charge in [0.05, 0.1) is 6.61 Å². The molecule has 7 heteroatoms. The lowest BCUT2D eigenvalue weighted by Crippen LogP contribution is -2.49. The molecule has 0 aliphatic carbocycles. The van der Waals surface area contributed by atoms with Crippen LogP contribution < -0.4 is 5.32 Å². The topological polar surface area (TPSA) is 82.0 Å². The lowest BCUT2D eigenvalue weighted by Gasteiger charge is -2.27. The number of carbonyl (C=O) groups is 1. The summed E-state index contributed by atoms with van der Waals surface area (Å²) in [7, 11) is 0. The lowest BCUT2D eigenvalue weighted by atomic mass is 10.1. The molecule has 0 radical (unpaired) electrons. The van der Waals surface area contributed by atoms with Crippen LogP contribution >= 0.6 is 0 Å². The Balaban J connectivity index is 2.11. The first-order chi connectivity index (χ1) is 8.15. The molecule has 1 saturated heterocycles. The summed E-state index contributed by atoms with van der Waals surface area (Å²) in [5.41, 5.74) is 0. The van der Waals surface area contributed by atoms with Gasteiger partial charge in [0.2, 0.25) is 0 Å². The van der Waals surface area contributed by atoms with Crippen molar-refractivity contribution in [3.63, 3.8) is 0 Å². The van der Waals surface area contributed by atoms with Gasteiger partial charge in [0.1, 0.15) is 12.2 Å². The van der Waals surface area contributed by atoms with Crippen molar-refractivity contribution in [1.82, 2.24) is 10.2 Å². The summed E-state index contributed by atoms with van der Waals surface area (Å²) in [6.45, 7) is 0.107. The Morgan fingerprint density at radius 1 is 1.59 bits per heavy atom. The largest absolute Gasteiger partial charge is 0.394 e. The van der Waals surface area contributed by atoms with Crippen molar-refractivity contribution in [2.75, 3.05) is 19.7 Å². The SMILES string of the molecule is O=C1NCC=CCN1[C@@H]1O[C@H](CO)[C@@H](O)C1F. The van der Waals surface area contributed by atoms with Crippen molar-refractivity contribution >= 4 is 6.03 Å². The van der Waals surface area contributed by atoms with Gasteiger partial charge in [-0.05, 0) is 0 Å². The Morgan fingerprint density at radius 3 is 3.00 bits per heavy atom. The molecular formula is C10H15FN2O4. The summed E-state index contributed by atoms with van der Waals surface area (Å²) >= 11 is 0. The number of urea groups is 1. The number of aliphatic hydroxyl groups is 2. The number of hydrogen-bond acceptors (Lipinski definition) is 4. The van der Waals surface area contributed by atoms with Crippen LogP contribution in [-0.4, -0.2) is 65.4 Å². The molecule has 3 N–H and O–H groups in total. The average Bonchev–Trinajstić information content (AvgIpc) is 2.51. The van der Waals surface area contributed by atoms with Gasteiger partial charge in [0.15, 0.2) is 12.4 Å². The Labute approximate surface area is 97.7 Å². The van der Waals surface area contributed by atoms with Crippen LogP contribution in [0.4, 0.5) is 9.18 Å². The van der Waals surface area contributed by atoms with E-state index in [-0.39, 0.29) is 6.54 Å². The van der Waals surface area contributed by atoms with E-state index in [1.165, 1.54) is 0 Å². The number of halogens is 1. The van der Waals surface area contributed by atoms with Gasteiger partial charge in [0, 0.05) is 13.1 Å². The van der Waals surface area contributed by atoms with E-state index < -0.39 is 37.2 Å². The minimum absolute atomic E-state index is 0.210. The summed E-state index contributed by atoms with van der Waals surface area (Å²) in [6.07, 6.45) is -1.82. The van der Waals surface area contributed by atoms with Crippen LogP contribution in [0.25, 0.3) is 0 Å². The second-order valence-electron chi connectivity index (χ2n) is 3.99. The van der Waals surface area contributed by atoms with Crippen LogP contribution in [0.5, 0.6) is 0 Å². The molecule has 2 aliphatic heterocycles. The van der Waals surface area contributed by atoms with Crippen molar-refractivity contribution < 1.29 is 24.1 Å². The van der Waals surface area contributed by atoms with Crippen LogP contribution in [0.1, 0.15) is 0 Å². The third kappa shape index (κ3) is 2.26. The van der Waals surface area contributed by atoms with Crippen LogP contribution in [-0.2, 0) is 4.74 Å². The fourth-order valence-electron chi connectivity index (χ4n) is 1.93. The zero-order valence-electron chi connectivity index (χ0n) is 9.12. The maximum atomic E-state index is 13.8. The van der Waals surface area contributed by atoms with Gasteiger partial charge in [-0.15, -0.1) is 0 Å². The van der Waals surface area contributed by atoms with E-state index in [1.807, 2.05) is 0 Å². The summed E-state index contributed by atoms with van der Waals surface area (Å²) in [6, 6.07) is -0.451. The Morgan fingerprint density at radius 2 is 2.35 bits per heavy atom. The second-order valence-corrected chi connectivity index (χ2v) is 3.99. The highest BCUT2D eigenvalue weighted by Gasteiger charge is 2.47. The number of carbonyl (C=O) groups excluding carboxylic acids is 1. The number of ether oxygens (including phenoxy) is 1. The van der Waals surface area contributed by atoms with Crippen LogP contribution in [0.2, 0.25) is 0 Å². The van der Waals surface area contributed by atoms with Gasteiger partial charge in [-0.3, -0.25) is 4.90 Å². The molecule has 1 unspecified atom stereocenters. The summed E-state index contributed by atoms with van der Waals surface area (Å²) in [5.74, 6) is 0. The number of amides is 2.